The zero-order valence-corrected chi connectivity index (χ0v) is 12.2. The summed E-state index contributed by atoms with van der Waals surface area (Å²) in [5.41, 5.74) is -0.562. The molecule has 5 heteroatoms. The molecular formula is C14H24N2O3. The number of aliphatic carboxylic acids is 1. The molecule has 0 aliphatic heterocycles. The molecule has 19 heavy (non-hydrogen) atoms. The molecule has 0 fully saturated rings. The maximum absolute atomic E-state index is 11.7. The van der Waals surface area contributed by atoms with E-state index in [0.717, 1.165) is 6.42 Å². The van der Waals surface area contributed by atoms with Crippen LogP contribution in [0.2, 0.25) is 0 Å². The summed E-state index contributed by atoms with van der Waals surface area (Å²) in [5, 5.41) is 20.4. The summed E-state index contributed by atoms with van der Waals surface area (Å²) in [7, 11) is 0. The third-order valence-corrected chi connectivity index (χ3v) is 2.95. The number of amides is 1. The zero-order valence-electron chi connectivity index (χ0n) is 12.2. The number of carboxylic acid groups (broad SMARTS) is 1. The van der Waals surface area contributed by atoms with Gasteiger partial charge in [0.1, 0.15) is 6.04 Å². The second kappa shape index (κ2) is 7.78. The average Bonchev–Trinajstić information content (AvgIpc) is 2.31. The van der Waals surface area contributed by atoms with Gasteiger partial charge in [-0.3, -0.25) is 4.79 Å². The van der Waals surface area contributed by atoms with Crippen molar-refractivity contribution in [3.63, 3.8) is 0 Å². The van der Waals surface area contributed by atoms with E-state index in [9.17, 15) is 9.59 Å². The molecule has 0 aromatic carbocycles. The Bertz CT molecular complexity index is 356. The van der Waals surface area contributed by atoms with Crippen LogP contribution in [-0.2, 0) is 9.59 Å². The largest absolute Gasteiger partial charge is 0.480 e. The van der Waals surface area contributed by atoms with Crippen molar-refractivity contribution in [2.45, 2.75) is 59.4 Å². The van der Waals surface area contributed by atoms with Crippen LogP contribution in [0.3, 0.4) is 0 Å². The van der Waals surface area contributed by atoms with Crippen molar-refractivity contribution in [3.05, 3.63) is 0 Å². The molecule has 5 nitrogen and oxygen atoms in total. The van der Waals surface area contributed by atoms with E-state index in [-0.39, 0.29) is 12.3 Å². The molecule has 0 aliphatic rings. The molecule has 108 valence electrons. The van der Waals surface area contributed by atoms with Crippen LogP contribution < -0.4 is 5.32 Å². The highest BCUT2D eigenvalue weighted by Gasteiger charge is 2.22. The number of carboxylic acids is 1. The first-order chi connectivity index (χ1) is 8.68. The molecule has 1 unspecified atom stereocenters. The molecule has 0 bridgehead atoms. The number of hydrogen-bond acceptors (Lipinski definition) is 3. The van der Waals surface area contributed by atoms with E-state index in [1.54, 1.807) is 13.8 Å². The molecule has 0 spiro atoms. The van der Waals surface area contributed by atoms with E-state index in [0.29, 0.717) is 18.8 Å². The van der Waals surface area contributed by atoms with Gasteiger partial charge in [0.15, 0.2) is 0 Å². The van der Waals surface area contributed by atoms with Gasteiger partial charge >= 0.3 is 5.97 Å². The molecule has 2 N–H and O–H groups in total. The predicted molar refractivity (Wildman–Crippen MR) is 72.3 cm³/mol. The fraction of sp³-hybridized carbons (Fsp3) is 0.786. The van der Waals surface area contributed by atoms with Crippen molar-refractivity contribution in [3.8, 4) is 6.07 Å². The van der Waals surface area contributed by atoms with Gasteiger partial charge in [-0.25, -0.2) is 4.79 Å². The Kier molecular flexibility index (Phi) is 7.13. The van der Waals surface area contributed by atoms with Crippen LogP contribution in [0.5, 0.6) is 0 Å². The van der Waals surface area contributed by atoms with Gasteiger partial charge in [0.2, 0.25) is 5.91 Å². The van der Waals surface area contributed by atoms with Gasteiger partial charge < -0.3 is 10.4 Å². The summed E-state index contributed by atoms with van der Waals surface area (Å²) >= 11 is 0. The van der Waals surface area contributed by atoms with E-state index >= 15 is 0 Å². The summed E-state index contributed by atoms with van der Waals surface area (Å²) in [6.07, 6.45) is 1.78. The van der Waals surface area contributed by atoms with Crippen molar-refractivity contribution in [1.82, 2.24) is 5.32 Å². The molecule has 0 rings (SSSR count). The molecule has 0 heterocycles. The zero-order chi connectivity index (χ0) is 15.1. The number of nitrogens with zero attached hydrogens (tertiary/aromatic N) is 1. The SMILES string of the molecule is CC(C)CCC(NC(=O)CCC(C)(C)C#N)C(=O)O. The minimum atomic E-state index is -1.01. The lowest BCUT2D eigenvalue weighted by atomic mass is 9.89. The Morgan fingerprint density at radius 2 is 1.89 bits per heavy atom. The van der Waals surface area contributed by atoms with Crippen LogP contribution in [0.1, 0.15) is 53.4 Å². The highest BCUT2D eigenvalue weighted by molar-refractivity contribution is 5.83. The minimum absolute atomic E-state index is 0.173. The van der Waals surface area contributed by atoms with E-state index in [1.165, 1.54) is 0 Å². The molecule has 0 aromatic heterocycles. The van der Waals surface area contributed by atoms with Crippen molar-refractivity contribution >= 4 is 11.9 Å². The normalized spacial score (nSPS) is 12.8. The van der Waals surface area contributed by atoms with Crippen molar-refractivity contribution in [2.24, 2.45) is 11.3 Å². The number of rotatable bonds is 8. The van der Waals surface area contributed by atoms with Gasteiger partial charge in [-0.05, 0) is 39.0 Å². The summed E-state index contributed by atoms with van der Waals surface area (Å²) in [4.78, 5) is 22.7. The highest BCUT2D eigenvalue weighted by atomic mass is 16.4. The summed E-state index contributed by atoms with van der Waals surface area (Å²) < 4.78 is 0. The molecule has 0 radical (unpaired) electrons. The topological polar surface area (TPSA) is 90.2 Å². The number of carbonyl (C=O) groups excluding carboxylic acids is 1. The first kappa shape index (κ1) is 17.4. The molecule has 0 saturated heterocycles. The van der Waals surface area contributed by atoms with Crippen LogP contribution in [0, 0.1) is 22.7 Å². The van der Waals surface area contributed by atoms with Gasteiger partial charge in [-0.15, -0.1) is 0 Å². The van der Waals surface area contributed by atoms with Gasteiger partial charge in [0, 0.05) is 6.42 Å². The first-order valence-electron chi connectivity index (χ1n) is 6.61. The van der Waals surface area contributed by atoms with E-state index < -0.39 is 17.4 Å². The molecule has 1 atom stereocenters. The van der Waals surface area contributed by atoms with Crippen LogP contribution in [0.25, 0.3) is 0 Å². The predicted octanol–water partition coefficient (Wildman–Crippen LogP) is 2.32. The van der Waals surface area contributed by atoms with Gasteiger partial charge in [-0.1, -0.05) is 13.8 Å². The molecule has 1 amide bonds. The number of nitrogens with one attached hydrogen (secondary N) is 1. The Morgan fingerprint density at radius 1 is 1.32 bits per heavy atom. The maximum Gasteiger partial charge on any atom is 0.326 e. The Labute approximate surface area is 115 Å². The summed E-state index contributed by atoms with van der Waals surface area (Å²) in [5.74, 6) is -0.913. The van der Waals surface area contributed by atoms with E-state index in [1.807, 2.05) is 13.8 Å². The average molecular weight is 268 g/mol. The first-order valence-corrected chi connectivity index (χ1v) is 6.61. The van der Waals surface area contributed by atoms with Gasteiger partial charge in [0.25, 0.3) is 0 Å². The molecule has 0 aliphatic carbocycles. The summed E-state index contributed by atoms with van der Waals surface area (Å²) in [6.45, 7) is 7.54. The highest BCUT2D eigenvalue weighted by Crippen LogP contribution is 2.20. The van der Waals surface area contributed by atoms with Crippen LogP contribution in [-0.4, -0.2) is 23.0 Å². The van der Waals surface area contributed by atoms with Gasteiger partial charge in [0.05, 0.1) is 11.5 Å². The van der Waals surface area contributed by atoms with E-state index in [2.05, 4.69) is 11.4 Å². The Balaban J connectivity index is 4.26. The van der Waals surface area contributed by atoms with Crippen LogP contribution in [0.15, 0.2) is 0 Å². The smallest absolute Gasteiger partial charge is 0.326 e. The van der Waals surface area contributed by atoms with Crippen molar-refractivity contribution in [2.75, 3.05) is 0 Å². The molecule has 0 saturated carbocycles. The van der Waals surface area contributed by atoms with Crippen molar-refractivity contribution < 1.29 is 14.7 Å². The Morgan fingerprint density at radius 3 is 2.32 bits per heavy atom. The van der Waals surface area contributed by atoms with Crippen LogP contribution >= 0.6 is 0 Å². The van der Waals surface area contributed by atoms with E-state index in [4.69, 9.17) is 10.4 Å². The summed E-state index contributed by atoms with van der Waals surface area (Å²) in [6, 6.07) is 1.28. The van der Waals surface area contributed by atoms with Crippen molar-refractivity contribution in [1.29, 1.82) is 5.26 Å². The minimum Gasteiger partial charge on any atom is -0.480 e. The van der Waals surface area contributed by atoms with Crippen LogP contribution in [0.4, 0.5) is 0 Å². The standard InChI is InChI=1S/C14H24N2O3/c1-10(2)5-6-11(13(18)19)16-12(17)7-8-14(3,4)9-15/h10-11H,5-8H2,1-4H3,(H,16,17)(H,18,19). The lowest BCUT2D eigenvalue weighted by molar-refractivity contribution is -0.142. The monoisotopic (exact) mass is 268 g/mol. The molecule has 0 aromatic rings. The lowest BCUT2D eigenvalue weighted by Crippen LogP contribution is -2.41. The lowest BCUT2D eigenvalue weighted by Gasteiger charge is -2.18. The number of nitriles is 1. The number of hydrogen-bond donors (Lipinski definition) is 2. The third-order valence-electron chi connectivity index (χ3n) is 2.95. The quantitative estimate of drug-likeness (QED) is 0.707. The molecular weight excluding hydrogens is 244 g/mol. The fourth-order valence-electron chi connectivity index (χ4n) is 1.51. The fourth-order valence-corrected chi connectivity index (χ4v) is 1.51. The number of carbonyl (C=O) groups is 2. The van der Waals surface area contributed by atoms with Gasteiger partial charge in [-0.2, -0.15) is 5.26 Å². The Hall–Kier alpha value is -1.57. The second-order valence-electron chi connectivity index (χ2n) is 5.93. The third kappa shape index (κ3) is 8.20. The maximum atomic E-state index is 11.7. The second-order valence-corrected chi connectivity index (χ2v) is 5.93.